The number of carbonyl (C=O) groups is 1. The Kier molecular flexibility index (Phi) is 6.84. The number of amides is 1. The van der Waals surface area contributed by atoms with Crippen LogP contribution in [0.1, 0.15) is 23.8 Å². The van der Waals surface area contributed by atoms with E-state index in [4.69, 9.17) is 11.6 Å². The Morgan fingerprint density at radius 3 is 2.72 bits per heavy atom. The van der Waals surface area contributed by atoms with E-state index >= 15 is 0 Å². The number of nitrogens with one attached hydrogen (secondary N) is 1. The molecule has 2 aromatic heterocycles. The number of halogens is 1. The maximum Gasteiger partial charge on any atom is 0.270 e. The third-order valence-electron chi connectivity index (χ3n) is 4.37. The lowest BCUT2D eigenvalue weighted by molar-refractivity contribution is 0.0944. The smallest absolute Gasteiger partial charge is 0.270 e. The van der Waals surface area contributed by atoms with E-state index in [9.17, 15) is 4.79 Å². The van der Waals surface area contributed by atoms with Crippen LogP contribution in [0.2, 0.25) is 4.34 Å². The number of nitrogens with zero attached hydrogens (tertiary/aromatic N) is 3. The Morgan fingerprint density at radius 1 is 1.28 bits per heavy atom. The Hall–Kier alpha value is -0.990. The van der Waals surface area contributed by atoms with Gasteiger partial charge in [0.15, 0.2) is 0 Å². The van der Waals surface area contributed by atoms with Crippen molar-refractivity contribution in [2.45, 2.75) is 13.3 Å². The van der Waals surface area contributed by atoms with Crippen molar-refractivity contribution >= 4 is 40.2 Å². The highest BCUT2D eigenvalue weighted by molar-refractivity contribution is 7.23. The molecule has 0 atom stereocenters. The number of carbonyl (C=O) groups excluding carboxylic acids is 1. The van der Waals surface area contributed by atoms with Crippen molar-refractivity contribution in [3.8, 4) is 9.88 Å². The average Bonchev–Trinajstić information content (AvgIpc) is 3.28. The minimum atomic E-state index is -0.0963. The summed E-state index contributed by atoms with van der Waals surface area (Å²) in [5, 5.41) is 5.63. The van der Waals surface area contributed by atoms with Gasteiger partial charge in [0, 0.05) is 38.1 Å². The number of thiazole rings is 1. The summed E-state index contributed by atoms with van der Waals surface area (Å²) in [4.78, 5) is 22.6. The molecular formula is C17H23ClN4OS2. The van der Waals surface area contributed by atoms with Gasteiger partial charge in [-0.25, -0.2) is 4.98 Å². The number of rotatable bonds is 7. The molecule has 1 saturated heterocycles. The number of thiophene rings is 1. The largest absolute Gasteiger partial charge is 0.351 e. The van der Waals surface area contributed by atoms with Gasteiger partial charge in [-0.1, -0.05) is 18.5 Å². The zero-order valence-corrected chi connectivity index (χ0v) is 16.7. The lowest BCUT2D eigenvalue weighted by atomic mass is 10.3. The van der Waals surface area contributed by atoms with Crippen LogP contribution in [-0.4, -0.2) is 66.5 Å². The van der Waals surface area contributed by atoms with Crippen LogP contribution in [0, 0.1) is 0 Å². The van der Waals surface area contributed by atoms with Crippen LogP contribution in [0.25, 0.3) is 9.88 Å². The van der Waals surface area contributed by atoms with E-state index in [1.165, 1.54) is 22.7 Å². The zero-order valence-electron chi connectivity index (χ0n) is 14.3. The van der Waals surface area contributed by atoms with Crippen LogP contribution in [0.5, 0.6) is 0 Å². The van der Waals surface area contributed by atoms with Crippen molar-refractivity contribution in [1.29, 1.82) is 0 Å². The predicted molar refractivity (Wildman–Crippen MR) is 106 cm³/mol. The van der Waals surface area contributed by atoms with Crippen LogP contribution in [0.3, 0.4) is 0 Å². The fraction of sp³-hybridized carbons (Fsp3) is 0.529. The zero-order chi connectivity index (χ0) is 17.6. The number of likely N-dealkylation sites (N-methyl/N-ethyl adjacent to an activating group) is 1. The standard InChI is InChI=1S/C17H23ClN4OS2/c1-2-21-8-10-22(11-9-21)7-3-6-19-16(23)13-12-24-17(20-13)14-4-5-15(18)25-14/h4-5,12H,2-3,6-11H2,1H3,(H,19,23). The molecule has 0 saturated carbocycles. The second-order valence-electron chi connectivity index (χ2n) is 6.03. The molecule has 0 radical (unpaired) electrons. The molecule has 1 aliphatic heterocycles. The van der Waals surface area contributed by atoms with Crippen molar-refractivity contribution in [2.75, 3.05) is 45.8 Å². The highest BCUT2D eigenvalue weighted by Gasteiger charge is 2.15. The summed E-state index contributed by atoms with van der Waals surface area (Å²) in [5.74, 6) is -0.0963. The summed E-state index contributed by atoms with van der Waals surface area (Å²) in [6, 6.07) is 3.79. The van der Waals surface area contributed by atoms with Crippen molar-refractivity contribution in [2.24, 2.45) is 0 Å². The third kappa shape index (κ3) is 5.24. The first-order valence-electron chi connectivity index (χ1n) is 8.60. The molecule has 3 rings (SSSR count). The topological polar surface area (TPSA) is 48.5 Å². The Morgan fingerprint density at radius 2 is 2.04 bits per heavy atom. The maximum atomic E-state index is 12.2. The van der Waals surface area contributed by atoms with Gasteiger partial charge >= 0.3 is 0 Å². The van der Waals surface area contributed by atoms with Gasteiger partial charge in [0.1, 0.15) is 10.7 Å². The Balaban J connectivity index is 1.39. The van der Waals surface area contributed by atoms with Gasteiger partial charge in [-0.3, -0.25) is 4.79 Å². The lowest BCUT2D eigenvalue weighted by Crippen LogP contribution is -2.46. The quantitative estimate of drug-likeness (QED) is 0.727. The fourth-order valence-electron chi connectivity index (χ4n) is 2.84. The van der Waals surface area contributed by atoms with E-state index in [0.717, 1.165) is 59.9 Å². The summed E-state index contributed by atoms with van der Waals surface area (Å²) >= 11 is 8.91. The minimum Gasteiger partial charge on any atom is -0.351 e. The van der Waals surface area contributed by atoms with Gasteiger partial charge in [-0.05, 0) is 31.6 Å². The molecule has 0 bridgehead atoms. The number of hydrogen-bond donors (Lipinski definition) is 1. The summed E-state index contributed by atoms with van der Waals surface area (Å²) < 4.78 is 0.732. The predicted octanol–water partition coefficient (Wildman–Crippen LogP) is 3.28. The molecule has 3 heterocycles. The normalized spacial score (nSPS) is 16.2. The molecule has 2 aromatic rings. The van der Waals surface area contributed by atoms with E-state index in [1.54, 1.807) is 0 Å². The van der Waals surface area contributed by atoms with Crippen LogP contribution in [0.15, 0.2) is 17.5 Å². The molecule has 0 unspecified atom stereocenters. The number of aromatic nitrogens is 1. The maximum absolute atomic E-state index is 12.2. The number of hydrogen-bond acceptors (Lipinski definition) is 6. The van der Waals surface area contributed by atoms with Crippen molar-refractivity contribution in [1.82, 2.24) is 20.1 Å². The van der Waals surface area contributed by atoms with Gasteiger partial charge in [0.05, 0.1) is 9.21 Å². The second-order valence-corrected chi connectivity index (χ2v) is 8.60. The molecule has 1 aliphatic rings. The highest BCUT2D eigenvalue weighted by Crippen LogP contribution is 2.32. The lowest BCUT2D eigenvalue weighted by Gasteiger charge is -2.33. The summed E-state index contributed by atoms with van der Waals surface area (Å²) in [6.45, 7) is 9.62. The summed E-state index contributed by atoms with van der Waals surface area (Å²) in [5.41, 5.74) is 0.487. The van der Waals surface area contributed by atoms with Gasteiger partial charge in [0.2, 0.25) is 0 Å². The van der Waals surface area contributed by atoms with Crippen molar-refractivity contribution in [3.63, 3.8) is 0 Å². The monoisotopic (exact) mass is 398 g/mol. The van der Waals surface area contributed by atoms with E-state index in [0.29, 0.717) is 12.2 Å². The molecule has 1 amide bonds. The first-order chi connectivity index (χ1) is 12.2. The van der Waals surface area contributed by atoms with E-state index < -0.39 is 0 Å². The van der Waals surface area contributed by atoms with Gasteiger partial charge in [0.25, 0.3) is 5.91 Å². The molecule has 5 nitrogen and oxygen atoms in total. The molecule has 8 heteroatoms. The molecular weight excluding hydrogens is 376 g/mol. The Bertz CT molecular complexity index is 694. The highest BCUT2D eigenvalue weighted by atomic mass is 35.5. The molecule has 136 valence electrons. The average molecular weight is 399 g/mol. The molecule has 1 N–H and O–H groups in total. The first kappa shape index (κ1) is 18.8. The third-order valence-corrected chi connectivity index (χ3v) is 6.61. The first-order valence-corrected chi connectivity index (χ1v) is 10.7. The SMILES string of the molecule is CCN1CCN(CCCNC(=O)c2csc(-c3ccc(Cl)s3)n2)CC1. The van der Waals surface area contributed by atoms with Crippen LogP contribution in [0.4, 0.5) is 0 Å². The van der Waals surface area contributed by atoms with E-state index in [1.807, 2.05) is 17.5 Å². The second kappa shape index (κ2) is 9.09. The van der Waals surface area contributed by atoms with Gasteiger partial charge in [-0.15, -0.1) is 22.7 Å². The van der Waals surface area contributed by atoms with E-state index in [-0.39, 0.29) is 5.91 Å². The van der Waals surface area contributed by atoms with Crippen LogP contribution >= 0.6 is 34.3 Å². The van der Waals surface area contributed by atoms with Crippen molar-refractivity contribution in [3.05, 3.63) is 27.5 Å². The molecule has 25 heavy (non-hydrogen) atoms. The molecule has 0 aromatic carbocycles. The van der Waals surface area contributed by atoms with E-state index in [2.05, 4.69) is 27.0 Å². The molecule has 0 aliphatic carbocycles. The summed E-state index contributed by atoms with van der Waals surface area (Å²) in [6.07, 6.45) is 0.968. The van der Waals surface area contributed by atoms with Crippen LogP contribution in [-0.2, 0) is 0 Å². The van der Waals surface area contributed by atoms with Crippen molar-refractivity contribution < 1.29 is 4.79 Å². The molecule has 1 fully saturated rings. The number of piperazine rings is 1. The fourth-order valence-corrected chi connectivity index (χ4v) is 4.76. The molecule has 0 spiro atoms. The van der Waals surface area contributed by atoms with Gasteiger partial charge in [-0.2, -0.15) is 0 Å². The summed E-state index contributed by atoms with van der Waals surface area (Å²) in [7, 11) is 0. The Labute approximate surface area is 161 Å². The minimum absolute atomic E-state index is 0.0963. The van der Waals surface area contributed by atoms with Gasteiger partial charge < -0.3 is 15.1 Å². The van der Waals surface area contributed by atoms with Crippen LogP contribution < -0.4 is 5.32 Å².